The predicted molar refractivity (Wildman–Crippen MR) is 63.3 cm³/mol. The highest BCUT2D eigenvalue weighted by Gasteiger charge is 2.61. The summed E-state index contributed by atoms with van der Waals surface area (Å²) in [5.74, 6) is -2.35. The molecular formula is C9H15NO6S2. The number of aliphatic carboxylic acids is 1. The molecule has 0 aliphatic carbocycles. The van der Waals surface area contributed by atoms with E-state index < -0.39 is 36.5 Å². The standard InChI is InChI=1S/C9H15NO6S2/c1-17(13,14)10-4-3-9(6-10)7(8(11)12)2-5-18(9,15)16/h7H,2-6H2,1H3,(H,11,12)/t7-,9-/m1/s1. The van der Waals surface area contributed by atoms with Gasteiger partial charge >= 0.3 is 5.97 Å². The Morgan fingerprint density at radius 2 is 2.06 bits per heavy atom. The average Bonchev–Trinajstić information content (AvgIpc) is 2.71. The molecule has 2 atom stereocenters. The lowest BCUT2D eigenvalue weighted by molar-refractivity contribution is -0.142. The van der Waals surface area contributed by atoms with Crippen LogP contribution in [0.2, 0.25) is 0 Å². The van der Waals surface area contributed by atoms with Crippen LogP contribution in [0.5, 0.6) is 0 Å². The van der Waals surface area contributed by atoms with E-state index in [1.807, 2.05) is 0 Å². The lowest BCUT2D eigenvalue weighted by Gasteiger charge is -2.26. The first-order chi connectivity index (χ1) is 8.10. The zero-order valence-corrected chi connectivity index (χ0v) is 11.5. The van der Waals surface area contributed by atoms with Crippen molar-refractivity contribution in [3.05, 3.63) is 0 Å². The molecule has 0 radical (unpaired) electrons. The smallest absolute Gasteiger partial charge is 0.308 e. The third kappa shape index (κ3) is 1.84. The number of hydrogen-bond acceptors (Lipinski definition) is 5. The van der Waals surface area contributed by atoms with Gasteiger partial charge in [0, 0.05) is 13.1 Å². The molecule has 0 bridgehead atoms. The van der Waals surface area contributed by atoms with Gasteiger partial charge in [-0.25, -0.2) is 21.1 Å². The minimum Gasteiger partial charge on any atom is -0.481 e. The van der Waals surface area contributed by atoms with E-state index in [0.717, 1.165) is 10.6 Å². The normalized spacial score (nSPS) is 36.2. The fourth-order valence-electron chi connectivity index (χ4n) is 2.90. The maximum absolute atomic E-state index is 12.1. The lowest BCUT2D eigenvalue weighted by atomic mass is 9.89. The molecule has 0 amide bonds. The van der Waals surface area contributed by atoms with Crippen LogP contribution in [0.25, 0.3) is 0 Å². The van der Waals surface area contributed by atoms with E-state index in [1.54, 1.807) is 0 Å². The highest BCUT2D eigenvalue weighted by Crippen LogP contribution is 2.45. The molecule has 2 rings (SSSR count). The molecular weight excluding hydrogens is 282 g/mol. The Kier molecular flexibility index (Phi) is 2.99. The molecule has 2 saturated heterocycles. The minimum atomic E-state index is -3.56. The van der Waals surface area contributed by atoms with Crippen LogP contribution in [0, 0.1) is 5.92 Å². The van der Waals surface area contributed by atoms with Crippen molar-refractivity contribution >= 4 is 25.8 Å². The largest absolute Gasteiger partial charge is 0.481 e. The summed E-state index contributed by atoms with van der Waals surface area (Å²) in [5, 5.41) is 9.13. The first kappa shape index (κ1) is 13.8. The third-order valence-corrected chi connectivity index (χ3v) is 7.80. The number of sulfonamides is 1. The van der Waals surface area contributed by atoms with Crippen LogP contribution in [0.3, 0.4) is 0 Å². The third-order valence-electron chi connectivity index (χ3n) is 3.93. The Morgan fingerprint density at radius 3 is 2.50 bits per heavy atom. The monoisotopic (exact) mass is 297 g/mol. The van der Waals surface area contributed by atoms with Crippen LogP contribution < -0.4 is 0 Å². The van der Waals surface area contributed by atoms with Gasteiger partial charge < -0.3 is 5.11 Å². The van der Waals surface area contributed by atoms with Gasteiger partial charge in [0.2, 0.25) is 10.0 Å². The van der Waals surface area contributed by atoms with Crippen molar-refractivity contribution in [1.82, 2.24) is 4.31 Å². The zero-order valence-electron chi connectivity index (χ0n) is 9.87. The molecule has 0 unspecified atom stereocenters. The fraction of sp³-hybridized carbons (Fsp3) is 0.889. The molecule has 104 valence electrons. The van der Waals surface area contributed by atoms with E-state index in [-0.39, 0.29) is 31.7 Å². The molecule has 7 nitrogen and oxygen atoms in total. The summed E-state index contributed by atoms with van der Waals surface area (Å²) in [4.78, 5) is 11.2. The second kappa shape index (κ2) is 3.91. The summed E-state index contributed by atoms with van der Waals surface area (Å²) in [5.41, 5.74) is 0. The first-order valence-corrected chi connectivity index (χ1v) is 9.00. The molecule has 1 spiro atoms. The lowest BCUT2D eigenvalue weighted by Crippen LogP contribution is -2.46. The van der Waals surface area contributed by atoms with Crippen molar-refractivity contribution in [1.29, 1.82) is 0 Å². The van der Waals surface area contributed by atoms with Gasteiger partial charge in [-0.1, -0.05) is 0 Å². The summed E-state index contributed by atoms with van der Waals surface area (Å²) in [7, 11) is -7.05. The van der Waals surface area contributed by atoms with Crippen LogP contribution >= 0.6 is 0 Å². The maximum Gasteiger partial charge on any atom is 0.308 e. The van der Waals surface area contributed by atoms with Gasteiger partial charge in [-0.3, -0.25) is 4.79 Å². The Morgan fingerprint density at radius 1 is 1.44 bits per heavy atom. The van der Waals surface area contributed by atoms with E-state index in [2.05, 4.69) is 0 Å². The van der Waals surface area contributed by atoms with Gasteiger partial charge in [-0.05, 0) is 12.8 Å². The van der Waals surface area contributed by atoms with E-state index in [4.69, 9.17) is 5.11 Å². The summed E-state index contributed by atoms with van der Waals surface area (Å²) in [6.07, 6.45) is 1.14. The van der Waals surface area contributed by atoms with Crippen LogP contribution in [-0.4, -0.2) is 62.1 Å². The van der Waals surface area contributed by atoms with Crippen molar-refractivity contribution in [2.24, 2.45) is 5.92 Å². The summed E-state index contributed by atoms with van der Waals surface area (Å²) < 4.78 is 46.7. The van der Waals surface area contributed by atoms with Gasteiger partial charge in [0.25, 0.3) is 0 Å². The van der Waals surface area contributed by atoms with Gasteiger partial charge in [0.15, 0.2) is 9.84 Å². The second-order valence-corrected chi connectivity index (χ2v) is 9.34. The first-order valence-electron chi connectivity index (χ1n) is 5.50. The SMILES string of the molecule is CS(=O)(=O)N1CC[C@@]2(C1)[C@@H](C(=O)O)CCS2(=O)=O. The van der Waals surface area contributed by atoms with Crippen molar-refractivity contribution in [3.8, 4) is 0 Å². The van der Waals surface area contributed by atoms with Gasteiger partial charge in [-0.15, -0.1) is 0 Å². The predicted octanol–water partition coefficient (Wildman–Crippen LogP) is -1.09. The highest BCUT2D eigenvalue weighted by molar-refractivity contribution is 7.93. The maximum atomic E-state index is 12.1. The average molecular weight is 297 g/mol. The van der Waals surface area contributed by atoms with Crippen LogP contribution in [0.4, 0.5) is 0 Å². The minimum absolute atomic E-state index is 0.0648. The number of carboxylic acids is 1. The summed E-state index contributed by atoms with van der Waals surface area (Å²) >= 11 is 0. The number of rotatable bonds is 2. The number of sulfone groups is 1. The van der Waals surface area contributed by atoms with E-state index in [1.165, 1.54) is 0 Å². The summed E-state index contributed by atoms with van der Waals surface area (Å²) in [6.45, 7) is -0.160. The highest BCUT2D eigenvalue weighted by atomic mass is 32.2. The molecule has 2 aliphatic rings. The van der Waals surface area contributed by atoms with Crippen molar-refractivity contribution in [2.45, 2.75) is 17.6 Å². The second-order valence-electron chi connectivity index (χ2n) is 4.91. The Labute approximate surface area is 106 Å². The fourth-order valence-corrected chi connectivity index (χ4v) is 6.23. The van der Waals surface area contributed by atoms with Crippen LogP contribution in [-0.2, 0) is 24.7 Å². The quantitative estimate of drug-likeness (QED) is 0.693. The Balaban J connectivity index is 2.44. The molecule has 2 aliphatic heterocycles. The van der Waals surface area contributed by atoms with Crippen LogP contribution in [0.1, 0.15) is 12.8 Å². The zero-order chi connectivity index (χ0) is 13.8. The number of nitrogens with zero attached hydrogens (tertiary/aromatic N) is 1. The molecule has 0 aromatic heterocycles. The van der Waals surface area contributed by atoms with Crippen LogP contribution in [0.15, 0.2) is 0 Å². The molecule has 0 saturated carbocycles. The summed E-state index contributed by atoms with van der Waals surface area (Å²) in [6, 6.07) is 0. The Bertz CT molecular complexity index is 580. The van der Waals surface area contributed by atoms with E-state index in [9.17, 15) is 21.6 Å². The van der Waals surface area contributed by atoms with Gasteiger partial charge in [-0.2, -0.15) is 0 Å². The molecule has 9 heteroatoms. The van der Waals surface area contributed by atoms with Crippen molar-refractivity contribution in [2.75, 3.05) is 25.1 Å². The van der Waals surface area contributed by atoms with Gasteiger partial charge in [0.05, 0.1) is 17.9 Å². The topological polar surface area (TPSA) is 109 Å². The number of carbonyl (C=O) groups is 1. The molecule has 18 heavy (non-hydrogen) atoms. The number of hydrogen-bond donors (Lipinski definition) is 1. The molecule has 2 fully saturated rings. The van der Waals surface area contributed by atoms with E-state index >= 15 is 0 Å². The molecule has 1 N–H and O–H groups in total. The van der Waals surface area contributed by atoms with Crippen molar-refractivity contribution < 1.29 is 26.7 Å². The number of carboxylic acid groups (broad SMARTS) is 1. The van der Waals surface area contributed by atoms with E-state index in [0.29, 0.717) is 0 Å². The van der Waals surface area contributed by atoms with Crippen molar-refractivity contribution in [3.63, 3.8) is 0 Å². The molecule has 2 heterocycles. The molecule has 0 aromatic carbocycles. The Hall–Kier alpha value is -0.670. The van der Waals surface area contributed by atoms with Gasteiger partial charge in [0.1, 0.15) is 4.75 Å². The molecule has 0 aromatic rings.